The number of benzene rings is 1. The Kier molecular flexibility index (Phi) is 4.44. The summed E-state index contributed by atoms with van der Waals surface area (Å²) in [6.07, 6.45) is 0.458. The predicted octanol–water partition coefficient (Wildman–Crippen LogP) is 3.56. The smallest absolute Gasteiger partial charge is 0.224 e. The van der Waals surface area contributed by atoms with Crippen molar-refractivity contribution in [2.45, 2.75) is 20.3 Å². The van der Waals surface area contributed by atoms with Gasteiger partial charge in [0, 0.05) is 12.1 Å². The second kappa shape index (κ2) is 5.41. The summed E-state index contributed by atoms with van der Waals surface area (Å²) in [6, 6.07) is 3.17. The van der Waals surface area contributed by atoms with E-state index < -0.39 is 0 Å². The molecule has 0 aromatic heterocycles. The molecule has 1 amide bonds. The molecule has 0 saturated heterocycles. The first-order valence-corrected chi connectivity index (χ1v) is 5.70. The van der Waals surface area contributed by atoms with Gasteiger partial charge in [-0.15, -0.1) is 0 Å². The lowest BCUT2D eigenvalue weighted by molar-refractivity contribution is -0.116. The maximum absolute atomic E-state index is 11.5. The molecule has 5 heteroatoms. The molecule has 0 heterocycles. The van der Waals surface area contributed by atoms with Gasteiger partial charge in [-0.2, -0.15) is 0 Å². The highest BCUT2D eigenvalue weighted by atomic mass is 35.5. The molecule has 0 aliphatic heterocycles. The molecule has 1 aromatic carbocycles. The Morgan fingerprint density at radius 1 is 1.38 bits per heavy atom. The zero-order valence-electron chi connectivity index (χ0n) is 9.18. The van der Waals surface area contributed by atoms with E-state index in [2.05, 4.69) is 5.32 Å². The van der Waals surface area contributed by atoms with E-state index >= 15 is 0 Å². The van der Waals surface area contributed by atoms with Crippen LogP contribution in [-0.4, -0.2) is 5.91 Å². The van der Waals surface area contributed by atoms with Crippen LogP contribution in [0.4, 0.5) is 11.4 Å². The fraction of sp³-hybridized carbons (Fsp3) is 0.364. The minimum atomic E-state index is -0.0631. The Balaban J connectivity index is 2.79. The largest absolute Gasteiger partial charge is 0.396 e. The molecule has 1 aromatic rings. The maximum atomic E-state index is 11.5. The summed E-state index contributed by atoms with van der Waals surface area (Å²) in [5.41, 5.74) is 6.47. The van der Waals surface area contributed by atoms with Crippen LogP contribution in [0.25, 0.3) is 0 Å². The Labute approximate surface area is 105 Å². The molecular formula is C11H14Cl2N2O. The highest BCUT2D eigenvalue weighted by Gasteiger charge is 2.08. The molecule has 16 heavy (non-hydrogen) atoms. The van der Waals surface area contributed by atoms with Gasteiger partial charge in [-0.05, 0) is 18.1 Å². The molecule has 0 unspecified atom stereocenters. The molecule has 0 aliphatic rings. The summed E-state index contributed by atoms with van der Waals surface area (Å²) in [6.45, 7) is 3.95. The average molecular weight is 261 g/mol. The number of halogens is 2. The van der Waals surface area contributed by atoms with Crippen LogP contribution in [0.2, 0.25) is 10.0 Å². The first-order chi connectivity index (χ1) is 7.40. The van der Waals surface area contributed by atoms with Crippen LogP contribution in [0.15, 0.2) is 12.1 Å². The van der Waals surface area contributed by atoms with Gasteiger partial charge in [0.05, 0.1) is 15.7 Å². The minimum Gasteiger partial charge on any atom is -0.396 e. The van der Waals surface area contributed by atoms with Gasteiger partial charge in [0.25, 0.3) is 0 Å². The van der Waals surface area contributed by atoms with Gasteiger partial charge < -0.3 is 11.1 Å². The normalized spacial score (nSPS) is 10.6. The fourth-order valence-electron chi connectivity index (χ4n) is 1.24. The third-order valence-corrected chi connectivity index (χ3v) is 2.58. The van der Waals surface area contributed by atoms with Crippen molar-refractivity contribution in [1.82, 2.24) is 0 Å². The van der Waals surface area contributed by atoms with Gasteiger partial charge >= 0.3 is 0 Å². The van der Waals surface area contributed by atoms with Gasteiger partial charge in [0.1, 0.15) is 0 Å². The van der Waals surface area contributed by atoms with Gasteiger partial charge in [-0.3, -0.25) is 4.79 Å². The lowest BCUT2D eigenvalue weighted by Crippen LogP contribution is -2.13. The quantitative estimate of drug-likeness (QED) is 0.817. The first kappa shape index (κ1) is 13.1. The van der Waals surface area contributed by atoms with Crippen LogP contribution in [0, 0.1) is 5.92 Å². The molecule has 0 bridgehead atoms. The van der Waals surface area contributed by atoms with Crippen molar-refractivity contribution >= 4 is 40.5 Å². The lowest BCUT2D eigenvalue weighted by atomic mass is 10.1. The number of rotatable bonds is 3. The van der Waals surface area contributed by atoms with E-state index in [-0.39, 0.29) is 5.91 Å². The molecule has 0 saturated carbocycles. The lowest BCUT2D eigenvalue weighted by Gasteiger charge is -2.09. The molecule has 0 fully saturated rings. The van der Waals surface area contributed by atoms with Crippen LogP contribution in [0.5, 0.6) is 0 Å². The van der Waals surface area contributed by atoms with Crippen LogP contribution in [0.3, 0.4) is 0 Å². The van der Waals surface area contributed by atoms with E-state index in [1.54, 1.807) is 12.1 Å². The van der Waals surface area contributed by atoms with Gasteiger partial charge in [-0.25, -0.2) is 0 Å². The molecule has 88 valence electrons. The van der Waals surface area contributed by atoms with Crippen LogP contribution >= 0.6 is 23.2 Å². The third kappa shape index (κ3) is 3.58. The number of hydrogen-bond acceptors (Lipinski definition) is 2. The molecule has 0 atom stereocenters. The Hall–Kier alpha value is -0.930. The number of nitrogens with two attached hydrogens (primary N) is 1. The number of carbonyl (C=O) groups excluding carboxylic acids is 1. The van der Waals surface area contributed by atoms with E-state index in [1.807, 2.05) is 13.8 Å². The van der Waals surface area contributed by atoms with E-state index in [1.165, 1.54) is 0 Å². The van der Waals surface area contributed by atoms with E-state index in [9.17, 15) is 4.79 Å². The van der Waals surface area contributed by atoms with Crippen molar-refractivity contribution in [3.63, 3.8) is 0 Å². The Morgan fingerprint density at radius 3 is 2.31 bits per heavy atom. The van der Waals surface area contributed by atoms with E-state index in [4.69, 9.17) is 28.9 Å². The number of nitrogens with one attached hydrogen (secondary N) is 1. The Morgan fingerprint density at radius 2 is 1.88 bits per heavy atom. The van der Waals surface area contributed by atoms with E-state index in [0.29, 0.717) is 33.8 Å². The molecular weight excluding hydrogens is 247 g/mol. The third-order valence-electron chi connectivity index (χ3n) is 1.96. The van der Waals surface area contributed by atoms with Crippen molar-refractivity contribution in [2.75, 3.05) is 11.1 Å². The second-order valence-corrected chi connectivity index (χ2v) is 4.81. The fourth-order valence-corrected chi connectivity index (χ4v) is 1.73. The summed E-state index contributed by atoms with van der Waals surface area (Å²) < 4.78 is 0. The predicted molar refractivity (Wildman–Crippen MR) is 69.0 cm³/mol. The number of nitrogen functional groups attached to an aromatic ring is 1. The molecule has 0 radical (unpaired) electrons. The highest BCUT2D eigenvalue weighted by molar-refractivity contribution is 6.39. The number of anilines is 2. The van der Waals surface area contributed by atoms with Gasteiger partial charge in [0.15, 0.2) is 0 Å². The van der Waals surface area contributed by atoms with Crippen LogP contribution in [-0.2, 0) is 4.79 Å². The van der Waals surface area contributed by atoms with E-state index in [0.717, 1.165) is 0 Å². The maximum Gasteiger partial charge on any atom is 0.224 e. The molecule has 3 N–H and O–H groups in total. The monoisotopic (exact) mass is 260 g/mol. The second-order valence-electron chi connectivity index (χ2n) is 4.00. The average Bonchev–Trinajstić information content (AvgIpc) is 2.12. The van der Waals surface area contributed by atoms with Gasteiger partial charge in [0.2, 0.25) is 5.91 Å². The van der Waals surface area contributed by atoms with Crippen molar-refractivity contribution in [1.29, 1.82) is 0 Å². The molecule has 0 spiro atoms. The topological polar surface area (TPSA) is 55.1 Å². The molecule has 3 nitrogen and oxygen atoms in total. The summed E-state index contributed by atoms with van der Waals surface area (Å²) in [5, 5.41) is 3.40. The Bertz CT molecular complexity index is 382. The zero-order chi connectivity index (χ0) is 12.3. The molecule has 1 rings (SSSR count). The van der Waals surface area contributed by atoms with Crippen LogP contribution in [0.1, 0.15) is 20.3 Å². The summed E-state index contributed by atoms with van der Waals surface area (Å²) in [5.74, 6) is 0.242. The highest BCUT2D eigenvalue weighted by Crippen LogP contribution is 2.31. The minimum absolute atomic E-state index is 0.0631. The SMILES string of the molecule is CC(C)CC(=O)Nc1cc(Cl)c(N)c(Cl)c1. The van der Waals surface area contributed by atoms with Gasteiger partial charge in [-0.1, -0.05) is 37.0 Å². The van der Waals surface area contributed by atoms with Crippen molar-refractivity contribution in [3.05, 3.63) is 22.2 Å². The van der Waals surface area contributed by atoms with Crippen molar-refractivity contribution < 1.29 is 4.79 Å². The number of carbonyl (C=O) groups is 1. The van der Waals surface area contributed by atoms with Crippen molar-refractivity contribution in [3.8, 4) is 0 Å². The van der Waals surface area contributed by atoms with Crippen LogP contribution < -0.4 is 11.1 Å². The number of hydrogen-bond donors (Lipinski definition) is 2. The first-order valence-electron chi connectivity index (χ1n) is 4.94. The standard InChI is InChI=1S/C11H14Cl2N2O/c1-6(2)3-10(16)15-7-4-8(12)11(14)9(13)5-7/h4-6H,3,14H2,1-2H3,(H,15,16). The summed E-state index contributed by atoms with van der Waals surface area (Å²) in [4.78, 5) is 11.5. The van der Waals surface area contributed by atoms with Crippen molar-refractivity contribution in [2.24, 2.45) is 5.92 Å². The zero-order valence-corrected chi connectivity index (χ0v) is 10.7. The summed E-state index contributed by atoms with van der Waals surface area (Å²) in [7, 11) is 0. The number of amides is 1. The molecule has 0 aliphatic carbocycles. The summed E-state index contributed by atoms with van der Waals surface area (Å²) >= 11 is 11.7.